The van der Waals surface area contributed by atoms with E-state index in [9.17, 15) is 19.8 Å². The summed E-state index contributed by atoms with van der Waals surface area (Å²) in [7, 11) is 1.50. The molecule has 0 aliphatic heterocycles. The first-order valence-electron chi connectivity index (χ1n) is 23.7. The van der Waals surface area contributed by atoms with Crippen molar-refractivity contribution in [3.05, 3.63) is 0 Å². The van der Waals surface area contributed by atoms with Gasteiger partial charge < -0.3 is 20.1 Å². The fourth-order valence-electron chi connectivity index (χ4n) is 17.6. The summed E-state index contributed by atoms with van der Waals surface area (Å²) in [6.45, 7) is 15.0. The topological polar surface area (TPSA) is 104 Å². The first-order chi connectivity index (χ1) is 26.0. The van der Waals surface area contributed by atoms with Gasteiger partial charge in [-0.1, -0.05) is 41.5 Å². The summed E-state index contributed by atoms with van der Waals surface area (Å²) in [6.07, 6.45) is 25.5. The number of carbonyl (C=O) groups excluding carboxylic acids is 1. The molecular weight excluding hydrogens is 685 g/mol. The van der Waals surface area contributed by atoms with Crippen molar-refractivity contribution in [3.63, 3.8) is 0 Å². The number of hydrogen-bond donors (Lipinski definition) is 3. The molecule has 0 saturated heterocycles. The van der Waals surface area contributed by atoms with E-state index < -0.39 is 5.97 Å². The third-order valence-electron chi connectivity index (χ3n) is 20.6. The first kappa shape index (κ1) is 42.0. The number of carboxylic acid groups (broad SMARTS) is 1. The summed E-state index contributed by atoms with van der Waals surface area (Å²) in [4.78, 5) is 22.7. The Morgan fingerprint density at radius 1 is 0.564 bits per heavy atom. The van der Waals surface area contributed by atoms with E-state index in [1.54, 1.807) is 0 Å². The van der Waals surface area contributed by atoms with Gasteiger partial charge >= 0.3 is 11.9 Å². The molecule has 0 heterocycles. The standard InChI is InChI=1S/C25H42O3.C24H40O3/c1-16(5-10-23(27)28-4)20-8-9-21-19-7-6-17-15-18(26)11-13-24(17,2)22(19)12-14-25(20,21)3;1-15(4-9-22(26)27)19-7-8-20-18-6-5-16-14-17(25)10-12-23(16,2)21(18)11-13-24(19,20)3/h16-22,26H,5-15H2,1-4H3;15-21,25H,4-14H2,1-3H3,(H,26,27)/t16-,17-,18-,19+,20-,21+,22+,24+,25-;15-,16-,17-,18+,19-,20+,21+,23+,24-/m11/s1. The van der Waals surface area contributed by atoms with Crippen LogP contribution >= 0.6 is 0 Å². The largest absolute Gasteiger partial charge is 0.481 e. The number of carboxylic acids is 1. The monoisotopic (exact) mass is 767 g/mol. The van der Waals surface area contributed by atoms with Gasteiger partial charge in [0.1, 0.15) is 0 Å². The van der Waals surface area contributed by atoms with Crippen LogP contribution in [0, 0.1) is 92.7 Å². The number of aliphatic carboxylic acids is 1. The van der Waals surface area contributed by atoms with E-state index in [-0.39, 0.29) is 18.2 Å². The second-order valence-corrected chi connectivity index (χ2v) is 22.6. The maximum absolute atomic E-state index is 11.6. The molecular formula is C49H82O6. The van der Waals surface area contributed by atoms with Crippen LogP contribution < -0.4 is 0 Å². The number of aliphatic hydroxyl groups is 2. The molecule has 8 rings (SSSR count). The fourth-order valence-corrected chi connectivity index (χ4v) is 17.6. The Balaban J connectivity index is 0.000000169. The predicted molar refractivity (Wildman–Crippen MR) is 219 cm³/mol. The van der Waals surface area contributed by atoms with E-state index in [0.29, 0.717) is 52.3 Å². The molecule has 8 aliphatic rings. The van der Waals surface area contributed by atoms with E-state index in [4.69, 9.17) is 9.84 Å². The molecule has 0 spiro atoms. The number of esters is 1. The van der Waals surface area contributed by atoms with Gasteiger partial charge in [-0.15, -0.1) is 0 Å². The van der Waals surface area contributed by atoms with Gasteiger partial charge in [0.15, 0.2) is 0 Å². The van der Waals surface area contributed by atoms with Crippen molar-refractivity contribution < 1.29 is 29.6 Å². The Kier molecular flexibility index (Phi) is 12.3. The zero-order valence-electron chi connectivity index (χ0n) is 36.2. The second-order valence-electron chi connectivity index (χ2n) is 22.6. The second kappa shape index (κ2) is 16.1. The van der Waals surface area contributed by atoms with E-state index in [1.165, 1.54) is 97.0 Å². The Hall–Kier alpha value is -1.14. The Morgan fingerprint density at radius 2 is 0.964 bits per heavy atom. The number of fused-ring (bicyclic) bond motifs is 10. The van der Waals surface area contributed by atoms with Crippen molar-refractivity contribution in [3.8, 4) is 0 Å². The van der Waals surface area contributed by atoms with Crippen LogP contribution in [0.25, 0.3) is 0 Å². The molecule has 0 aromatic rings. The minimum atomic E-state index is -0.643. The number of ether oxygens (including phenoxy) is 1. The third kappa shape index (κ3) is 7.52. The molecule has 0 unspecified atom stereocenters. The van der Waals surface area contributed by atoms with Gasteiger partial charge in [0, 0.05) is 12.8 Å². The van der Waals surface area contributed by atoms with Gasteiger partial charge in [-0.05, 0) is 221 Å². The van der Waals surface area contributed by atoms with Crippen LogP contribution in [0.5, 0.6) is 0 Å². The average molecular weight is 767 g/mol. The molecule has 8 fully saturated rings. The van der Waals surface area contributed by atoms with Gasteiger partial charge in [-0.25, -0.2) is 0 Å². The van der Waals surface area contributed by atoms with Crippen molar-refractivity contribution in [1.29, 1.82) is 0 Å². The van der Waals surface area contributed by atoms with Crippen molar-refractivity contribution in [1.82, 2.24) is 0 Å². The van der Waals surface area contributed by atoms with Crippen LogP contribution in [-0.2, 0) is 14.3 Å². The van der Waals surface area contributed by atoms with Crippen LogP contribution in [0.3, 0.4) is 0 Å². The lowest BCUT2D eigenvalue weighted by Crippen LogP contribution is -2.54. The van der Waals surface area contributed by atoms with Gasteiger partial charge in [-0.2, -0.15) is 0 Å². The van der Waals surface area contributed by atoms with Gasteiger partial charge in [0.25, 0.3) is 0 Å². The minimum Gasteiger partial charge on any atom is -0.481 e. The van der Waals surface area contributed by atoms with Crippen LogP contribution in [0.2, 0.25) is 0 Å². The van der Waals surface area contributed by atoms with Crippen molar-refractivity contribution >= 4 is 11.9 Å². The van der Waals surface area contributed by atoms with Crippen molar-refractivity contribution in [2.24, 2.45) is 92.7 Å². The molecule has 0 amide bonds. The number of carbonyl (C=O) groups is 2. The fraction of sp³-hybridized carbons (Fsp3) is 0.959. The summed E-state index contributed by atoms with van der Waals surface area (Å²) in [6, 6.07) is 0. The Labute approximate surface area is 335 Å². The maximum Gasteiger partial charge on any atom is 0.305 e. The molecule has 3 N–H and O–H groups in total. The maximum atomic E-state index is 11.6. The molecule has 8 aliphatic carbocycles. The highest BCUT2D eigenvalue weighted by Gasteiger charge is 2.62. The SMILES string of the molecule is COC(=O)CC[C@@H](C)[C@H]1CC[C@H]2[C@@H]3CC[C@@H]4C[C@H](O)CC[C@]4(C)[C@H]3CC[C@]12C.C[C@H](CCC(=O)O)[C@H]1CC[C@H]2[C@@H]3CC[C@@H]4C[C@H](O)CC[C@]4(C)[C@H]3CC[C@]12C. The molecule has 0 aromatic carbocycles. The number of rotatable bonds is 8. The average Bonchev–Trinajstić information content (AvgIpc) is 3.70. The van der Waals surface area contributed by atoms with E-state index in [1.807, 2.05) is 0 Å². The van der Waals surface area contributed by atoms with Gasteiger partial charge in [0.2, 0.25) is 0 Å². The number of hydrogen-bond acceptors (Lipinski definition) is 5. The van der Waals surface area contributed by atoms with Gasteiger partial charge in [0.05, 0.1) is 19.3 Å². The molecule has 6 heteroatoms. The minimum absolute atomic E-state index is 0.0463. The van der Waals surface area contributed by atoms with Crippen LogP contribution in [0.1, 0.15) is 183 Å². The highest BCUT2D eigenvalue weighted by molar-refractivity contribution is 5.69. The summed E-state index contributed by atoms with van der Waals surface area (Å²) in [5.41, 5.74) is 1.82. The molecule has 18 atom stereocenters. The molecule has 0 bridgehead atoms. The highest BCUT2D eigenvalue weighted by Crippen LogP contribution is 2.70. The summed E-state index contributed by atoms with van der Waals surface area (Å²) in [5.74, 6) is 8.63. The van der Waals surface area contributed by atoms with Crippen molar-refractivity contribution in [2.75, 3.05) is 7.11 Å². The van der Waals surface area contributed by atoms with Crippen LogP contribution in [0.15, 0.2) is 0 Å². The zero-order chi connectivity index (χ0) is 39.5. The van der Waals surface area contributed by atoms with Gasteiger partial charge in [-0.3, -0.25) is 9.59 Å². The number of methoxy groups -OCH3 is 1. The van der Waals surface area contributed by atoms with Crippen molar-refractivity contribution in [2.45, 2.75) is 195 Å². The van der Waals surface area contributed by atoms with E-state index >= 15 is 0 Å². The van der Waals surface area contributed by atoms with Crippen LogP contribution in [0.4, 0.5) is 0 Å². The first-order valence-corrected chi connectivity index (χ1v) is 23.7. The Morgan fingerprint density at radius 3 is 1.38 bits per heavy atom. The lowest BCUT2D eigenvalue weighted by Gasteiger charge is -2.61. The lowest BCUT2D eigenvalue weighted by molar-refractivity contribution is -0.141. The highest BCUT2D eigenvalue weighted by atomic mass is 16.5. The quantitative estimate of drug-likeness (QED) is 0.213. The summed E-state index contributed by atoms with van der Waals surface area (Å²) in [5, 5.41) is 29.5. The zero-order valence-corrected chi connectivity index (χ0v) is 36.2. The number of aliphatic hydroxyl groups excluding tert-OH is 2. The molecule has 6 nitrogen and oxygen atoms in total. The molecule has 0 aromatic heterocycles. The normalized spacial score (nSPS) is 49.6. The molecule has 8 saturated carbocycles. The van der Waals surface area contributed by atoms with E-state index in [2.05, 4.69) is 41.5 Å². The third-order valence-corrected chi connectivity index (χ3v) is 20.6. The lowest BCUT2D eigenvalue weighted by atomic mass is 9.44. The molecule has 314 valence electrons. The molecule has 0 radical (unpaired) electrons. The predicted octanol–water partition coefficient (Wildman–Crippen LogP) is 11.1. The smallest absolute Gasteiger partial charge is 0.305 e. The van der Waals surface area contributed by atoms with E-state index in [0.717, 1.165) is 91.8 Å². The molecule has 55 heavy (non-hydrogen) atoms. The van der Waals surface area contributed by atoms with Crippen LogP contribution in [-0.4, -0.2) is 46.6 Å². The summed E-state index contributed by atoms with van der Waals surface area (Å²) < 4.78 is 4.88. The summed E-state index contributed by atoms with van der Waals surface area (Å²) >= 11 is 0. The Bertz CT molecular complexity index is 1360.